The summed E-state index contributed by atoms with van der Waals surface area (Å²) in [6, 6.07) is -0.241. The molecule has 2 unspecified atom stereocenters. The van der Waals surface area contributed by atoms with Gasteiger partial charge in [-0.1, -0.05) is 0 Å². The van der Waals surface area contributed by atoms with Crippen LogP contribution in [0.5, 0.6) is 0 Å². The summed E-state index contributed by atoms with van der Waals surface area (Å²) in [6.45, 7) is 4.13. The number of carbonyl (C=O) groups is 1. The van der Waals surface area contributed by atoms with Gasteiger partial charge in [0.25, 0.3) is 0 Å². The Morgan fingerprint density at radius 2 is 2.28 bits per heavy atom. The molecule has 18 heavy (non-hydrogen) atoms. The van der Waals surface area contributed by atoms with E-state index in [1.807, 2.05) is 6.92 Å². The van der Waals surface area contributed by atoms with E-state index in [4.69, 9.17) is 4.74 Å². The maximum atomic E-state index is 12.1. The molecule has 2 heterocycles. The average molecular weight is 276 g/mol. The van der Waals surface area contributed by atoms with Gasteiger partial charge in [-0.05, 0) is 6.92 Å². The van der Waals surface area contributed by atoms with Gasteiger partial charge >= 0.3 is 0 Å². The number of hydrogen-bond donors (Lipinski definition) is 1. The number of morpholine rings is 1. The second kappa shape index (κ2) is 5.54. The standard InChI is InChI=1S/C11H20N2O4S/c1-9-7-13(3-4-17-9)11(14)6-10-8-18(15,16)5-2-12-10/h9-10,12H,2-8H2,1H3. The van der Waals surface area contributed by atoms with Crippen molar-refractivity contribution in [3.8, 4) is 0 Å². The zero-order chi connectivity index (χ0) is 13.2. The number of hydrogen-bond acceptors (Lipinski definition) is 5. The molecule has 0 aliphatic carbocycles. The quantitative estimate of drug-likeness (QED) is 0.701. The van der Waals surface area contributed by atoms with Gasteiger partial charge in [0, 0.05) is 32.1 Å². The van der Waals surface area contributed by atoms with Crippen LogP contribution in [0.2, 0.25) is 0 Å². The van der Waals surface area contributed by atoms with E-state index in [-0.39, 0.29) is 36.0 Å². The van der Waals surface area contributed by atoms with Crippen molar-refractivity contribution >= 4 is 15.7 Å². The van der Waals surface area contributed by atoms with Gasteiger partial charge in [-0.2, -0.15) is 0 Å². The van der Waals surface area contributed by atoms with E-state index < -0.39 is 9.84 Å². The lowest BCUT2D eigenvalue weighted by Crippen LogP contribution is -2.50. The predicted molar refractivity (Wildman–Crippen MR) is 67.1 cm³/mol. The first kappa shape index (κ1) is 13.8. The molecule has 0 spiro atoms. The summed E-state index contributed by atoms with van der Waals surface area (Å²) < 4.78 is 28.3. The fourth-order valence-electron chi connectivity index (χ4n) is 2.38. The van der Waals surface area contributed by atoms with Crippen molar-refractivity contribution in [2.75, 3.05) is 37.7 Å². The van der Waals surface area contributed by atoms with Crippen molar-refractivity contribution in [3.05, 3.63) is 0 Å². The molecule has 1 amide bonds. The Morgan fingerprint density at radius 1 is 1.50 bits per heavy atom. The Kier molecular flexibility index (Phi) is 4.24. The molecule has 2 aliphatic heterocycles. The summed E-state index contributed by atoms with van der Waals surface area (Å²) in [4.78, 5) is 13.8. The largest absolute Gasteiger partial charge is 0.375 e. The lowest BCUT2D eigenvalue weighted by Gasteiger charge is -2.33. The van der Waals surface area contributed by atoms with Crippen LogP contribution in [0.3, 0.4) is 0 Å². The number of rotatable bonds is 2. The van der Waals surface area contributed by atoms with E-state index >= 15 is 0 Å². The van der Waals surface area contributed by atoms with Crippen LogP contribution >= 0.6 is 0 Å². The van der Waals surface area contributed by atoms with Gasteiger partial charge < -0.3 is 15.0 Å². The van der Waals surface area contributed by atoms with Crippen molar-refractivity contribution in [2.45, 2.75) is 25.5 Å². The normalized spacial score (nSPS) is 32.2. The van der Waals surface area contributed by atoms with Crippen LogP contribution in [0.4, 0.5) is 0 Å². The van der Waals surface area contributed by atoms with Crippen LogP contribution in [-0.2, 0) is 19.4 Å². The second-order valence-corrected chi connectivity index (χ2v) is 7.22. The SMILES string of the molecule is CC1CN(C(=O)CC2CS(=O)(=O)CCN2)CCO1. The molecule has 2 saturated heterocycles. The molecule has 2 fully saturated rings. The highest BCUT2D eigenvalue weighted by Crippen LogP contribution is 2.10. The van der Waals surface area contributed by atoms with Crippen LogP contribution < -0.4 is 5.32 Å². The molecule has 2 rings (SSSR count). The Hall–Kier alpha value is -0.660. The van der Waals surface area contributed by atoms with Gasteiger partial charge in [0.2, 0.25) is 5.91 Å². The molecule has 1 N–H and O–H groups in total. The first-order valence-electron chi connectivity index (χ1n) is 6.29. The highest BCUT2D eigenvalue weighted by molar-refractivity contribution is 7.91. The monoisotopic (exact) mass is 276 g/mol. The van der Waals surface area contributed by atoms with Crippen LogP contribution in [0.15, 0.2) is 0 Å². The summed E-state index contributed by atoms with van der Waals surface area (Å²) in [5.74, 6) is 0.255. The van der Waals surface area contributed by atoms with Crippen LogP contribution in [0.25, 0.3) is 0 Å². The Labute approximate surface area is 108 Å². The Balaban J connectivity index is 1.87. The minimum absolute atomic E-state index is 0.0137. The number of amides is 1. The van der Waals surface area contributed by atoms with Gasteiger partial charge in [-0.25, -0.2) is 8.42 Å². The van der Waals surface area contributed by atoms with Gasteiger partial charge in [0.1, 0.15) is 0 Å². The van der Waals surface area contributed by atoms with Crippen molar-refractivity contribution in [1.29, 1.82) is 0 Å². The molecule has 104 valence electrons. The predicted octanol–water partition coefficient (Wildman–Crippen LogP) is -0.990. The molecule has 0 saturated carbocycles. The van der Waals surface area contributed by atoms with E-state index in [9.17, 15) is 13.2 Å². The number of nitrogens with one attached hydrogen (secondary N) is 1. The third-order valence-electron chi connectivity index (χ3n) is 3.32. The Bertz CT molecular complexity index is 409. The second-order valence-electron chi connectivity index (χ2n) is 4.99. The minimum atomic E-state index is -2.98. The smallest absolute Gasteiger partial charge is 0.224 e. The summed E-state index contributed by atoms with van der Waals surface area (Å²) in [7, 11) is -2.98. The summed E-state index contributed by atoms with van der Waals surface area (Å²) in [5.41, 5.74) is 0. The topological polar surface area (TPSA) is 75.7 Å². The van der Waals surface area contributed by atoms with Gasteiger partial charge in [-0.15, -0.1) is 0 Å². The molecule has 0 aromatic carbocycles. The fourth-order valence-corrected chi connectivity index (χ4v) is 3.83. The van der Waals surface area contributed by atoms with Crippen molar-refractivity contribution in [2.24, 2.45) is 0 Å². The van der Waals surface area contributed by atoms with Crippen LogP contribution in [-0.4, -0.2) is 69.1 Å². The summed E-state index contributed by atoms with van der Waals surface area (Å²) in [6.07, 6.45) is 0.317. The summed E-state index contributed by atoms with van der Waals surface area (Å²) in [5, 5.41) is 3.10. The third-order valence-corrected chi connectivity index (χ3v) is 5.05. The highest BCUT2D eigenvalue weighted by Gasteiger charge is 2.29. The van der Waals surface area contributed by atoms with Crippen LogP contribution in [0.1, 0.15) is 13.3 Å². The number of ether oxygens (including phenoxy) is 1. The van der Waals surface area contributed by atoms with Crippen LogP contribution in [0, 0.1) is 0 Å². The van der Waals surface area contributed by atoms with Crippen molar-refractivity contribution in [3.63, 3.8) is 0 Å². The van der Waals surface area contributed by atoms with E-state index in [0.29, 0.717) is 26.2 Å². The van der Waals surface area contributed by atoms with Gasteiger partial charge in [0.05, 0.1) is 24.2 Å². The number of nitrogens with zero attached hydrogens (tertiary/aromatic N) is 1. The zero-order valence-electron chi connectivity index (χ0n) is 10.6. The van der Waals surface area contributed by atoms with E-state index in [0.717, 1.165) is 0 Å². The molecule has 0 aromatic rings. The molecule has 0 radical (unpaired) electrons. The van der Waals surface area contributed by atoms with E-state index in [2.05, 4.69) is 5.32 Å². The minimum Gasteiger partial charge on any atom is -0.375 e. The first-order chi connectivity index (χ1) is 8.46. The molecule has 6 nitrogen and oxygen atoms in total. The zero-order valence-corrected chi connectivity index (χ0v) is 11.4. The molecule has 2 aliphatic rings. The number of carbonyl (C=O) groups excluding carboxylic acids is 1. The highest BCUT2D eigenvalue weighted by atomic mass is 32.2. The third kappa shape index (κ3) is 3.66. The maximum Gasteiger partial charge on any atom is 0.224 e. The lowest BCUT2D eigenvalue weighted by molar-refractivity contribution is -0.138. The molecule has 7 heteroatoms. The maximum absolute atomic E-state index is 12.1. The molecule has 2 atom stereocenters. The van der Waals surface area contributed by atoms with Gasteiger partial charge in [-0.3, -0.25) is 4.79 Å². The molecule has 0 bridgehead atoms. The average Bonchev–Trinajstić information content (AvgIpc) is 2.27. The first-order valence-corrected chi connectivity index (χ1v) is 8.11. The molecular formula is C11H20N2O4S. The molecular weight excluding hydrogens is 256 g/mol. The van der Waals surface area contributed by atoms with Crippen molar-refractivity contribution < 1.29 is 17.9 Å². The lowest BCUT2D eigenvalue weighted by atomic mass is 10.2. The summed E-state index contributed by atoms with van der Waals surface area (Å²) >= 11 is 0. The van der Waals surface area contributed by atoms with Crippen molar-refractivity contribution in [1.82, 2.24) is 10.2 Å². The number of sulfone groups is 1. The van der Waals surface area contributed by atoms with E-state index in [1.165, 1.54) is 0 Å². The fraction of sp³-hybridized carbons (Fsp3) is 0.909. The molecule has 0 aromatic heterocycles. The Morgan fingerprint density at radius 3 is 2.94 bits per heavy atom. The van der Waals surface area contributed by atoms with E-state index in [1.54, 1.807) is 4.90 Å². The van der Waals surface area contributed by atoms with Gasteiger partial charge in [0.15, 0.2) is 9.84 Å².